The molecule has 0 spiro atoms. The van der Waals surface area contributed by atoms with Gasteiger partial charge in [-0.1, -0.05) is 23.7 Å². The average molecular weight is 394 g/mol. The molecule has 1 fully saturated rings. The fourth-order valence-electron chi connectivity index (χ4n) is 3.04. The van der Waals surface area contributed by atoms with Crippen LogP contribution in [-0.4, -0.2) is 44.8 Å². The van der Waals surface area contributed by atoms with E-state index in [1.807, 2.05) is 18.2 Å². The molecule has 2 N–H and O–H groups in total. The fourth-order valence-corrected chi connectivity index (χ4v) is 4.67. The number of sulfonamides is 1. The van der Waals surface area contributed by atoms with Gasteiger partial charge in [0.15, 0.2) is 0 Å². The summed E-state index contributed by atoms with van der Waals surface area (Å²) in [4.78, 5) is 13.7. The lowest BCUT2D eigenvalue weighted by atomic mass is 10.1. The first-order valence-corrected chi connectivity index (χ1v) is 10.0. The molecular weight excluding hydrogens is 374 g/mol. The highest BCUT2D eigenvalue weighted by molar-refractivity contribution is 7.89. The lowest BCUT2D eigenvalue weighted by molar-refractivity contribution is 0.0999. The van der Waals surface area contributed by atoms with Crippen LogP contribution in [-0.2, 0) is 10.0 Å². The van der Waals surface area contributed by atoms with Crippen LogP contribution in [0.1, 0.15) is 15.9 Å². The molecule has 26 heavy (non-hydrogen) atoms. The van der Waals surface area contributed by atoms with E-state index in [-0.39, 0.29) is 10.5 Å². The molecule has 0 aromatic heterocycles. The Hall–Kier alpha value is -2.09. The van der Waals surface area contributed by atoms with Crippen LogP contribution in [0.5, 0.6) is 0 Å². The third-order valence-electron chi connectivity index (χ3n) is 4.52. The van der Waals surface area contributed by atoms with Gasteiger partial charge in [0.2, 0.25) is 15.9 Å². The molecule has 2 aromatic carbocycles. The standard InChI is InChI=1S/C18H20ClN3O3S/c1-13-5-6-16(12-17(13)18(20)23)26(24,25)22-9-7-21(8-10-22)15-4-2-3-14(19)11-15/h2-6,11-12H,7-10H2,1H3,(H2,20,23). The topological polar surface area (TPSA) is 83.7 Å². The maximum atomic E-state index is 12.9. The molecule has 8 heteroatoms. The van der Waals surface area contributed by atoms with E-state index in [0.29, 0.717) is 36.8 Å². The predicted molar refractivity (Wildman–Crippen MR) is 102 cm³/mol. The number of nitrogens with two attached hydrogens (primary N) is 1. The largest absolute Gasteiger partial charge is 0.369 e. The molecule has 6 nitrogen and oxygen atoms in total. The minimum absolute atomic E-state index is 0.0908. The first kappa shape index (κ1) is 18.7. The molecular formula is C18H20ClN3O3S. The molecule has 0 radical (unpaired) electrons. The van der Waals surface area contributed by atoms with Gasteiger partial charge in [-0.25, -0.2) is 8.42 Å². The third kappa shape index (κ3) is 3.70. The zero-order valence-corrected chi connectivity index (χ0v) is 15.9. The van der Waals surface area contributed by atoms with Crippen molar-refractivity contribution >= 4 is 33.2 Å². The van der Waals surface area contributed by atoms with Crippen LogP contribution in [0.2, 0.25) is 5.02 Å². The monoisotopic (exact) mass is 393 g/mol. The van der Waals surface area contributed by atoms with Gasteiger partial charge in [-0.15, -0.1) is 0 Å². The molecule has 1 aliphatic rings. The summed E-state index contributed by atoms with van der Waals surface area (Å²) in [6.45, 7) is 3.56. The van der Waals surface area contributed by atoms with E-state index < -0.39 is 15.9 Å². The Bertz CT molecular complexity index is 938. The molecule has 0 bridgehead atoms. The molecule has 1 amide bonds. The van der Waals surface area contributed by atoms with Gasteiger partial charge in [0.25, 0.3) is 0 Å². The van der Waals surface area contributed by atoms with Gasteiger partial charge in [0.1, 0.15) is 0 Å². The number of anilines is 1. The number of carbonyl (C=O) groups excluding carboxylic acids is 1. The van der Waals surface area contributed by atoms with Gasteiger partial charge in [-0.05, 0) is 42.8 Å². The summed E-state index contributed by atoms with van der Waals surface area (Å²) in [6.07, 6.45) is 0. The van der Waals surface area contributed by atoms with Gasteiger partial charge in [-0.2, -0.15) is 4.31 Å². The number of hydrogen-bond donors (Lipinski definition) is 1. The summed E-state index contributed by atoms with van der Waals surface area (Å²) in [6, 6.07) is 12.0. The minimum Gasteiger partial charge on any atom is -0.369 e. The summed E-state index contributed by atoms with van der Waals surface area (Å²) in [5.74, 6) is -0.634. The Morgan fingerprint density at radius 2 is 1.77 bits per heavy atom. The van der Waals surface area contributed by atoms with Gasteiger partial charge >= 0.3 is 0 Å². The Balaban J connectivity index is 1.78. The van der Waals surface area contributed by atoms with Crippen LogP contribution in [0, 0.1) is 6.92 Å². The molecule has 3 rings (SSSR count). The van der Waals surface area contributed by atoms with Crippen molar-refractivity contribution in [1.29, 1.82) is 0 Å². The number of rotatable bonds is 4. The summed E-state index contributed by atoms with van der Waals surface area (Å²) in [5.41, 5.74) is 7.19. The van der Waals surface area contributed by atoms with Crippen molar-refractivity contribution in [3.8, 4) is 0 Å². The molecule has 1 aliphatic heterocycles. The molecule has 0 saturated carbocycles. The maximum Gasteiger partial charge on any atom is 0.249 e. The molecule has 138 valence electrons. The van der Waals surface area contributed by atoms with Crippen LogP contribution in [0.25, 0.3) is 0 Å². The summed E-state index contributed by atoms with van der Waals surface area (Å²) < 4.78 is 27.2. The molecule has 0 unspecified atom stereocenters. The number of nitrogens with zero attached hydrogens (tertiary/aromatic N) is 2. The first-order chi connectivity index (χ1) is 12.3. The van der Waals surface area contributed by atoms with Crippen molar-refractivity contribution in [2.45, 2.75) is 11.8 Å². The number of primary amides is 1. The first-order valence-electron chi connectivity index (χ1n) is 8.20. The lowest BCUT2D eigenvalue weighted by Gasteiger charge is -2.35. The van der Waals surface area contributed by atoms with Crippen LogP contribution in [0.15, 0.2) is 47.4 Å². The Morgan fingerprint density at radius 3 is 2.38 bits per heavy atom. The average Bonchev–Trinajstić information content (AvgIpc) is 2.62. The van der Waals surface area contributed by atoms with E-state index in [9.17, 15) is 13.2 Å². The maximum absolute atomic E-state index is 12.9. The zero-order valence-electron chi connectivity index (χ0n) is 14.4. The summed E-state index contributed by atoms with van der Waals surface area (Å²) in [5, 5.41) is 0.649. The SMILES string of the molecule is Cc1ccc(S(=O)(=O)N2CCN(c3cccc(Cl)c3)CC2)cc1C(N)=O. The summed E-state index contributed by atoms with van der Waals surface area (Å²) in [7, 11) is -3.68. The van der Waals surface area contributed by atoms with Crippen LogP contribution in [0.4, 0.5) is 5.69 Å². The van der Waals surface area contributed by atoms with E-state index in [1.165, 1.54) is 16.4 Å². The van der Waals surface area contributed by atoms with Crippen LogP contribution < -0.4 is 10.6 Å². The number of hydrogen-bond acceptors (Lipinski definition) is 4. The second-order valence-electron chi connectivity index (χ2n) is 6.21. The van der Waals surface area contributed by atoms with Gasteiger partial charge in [0.05, 0.1) is 4.90 Å². The smallest absolute Gasteiger partial charge is 0.249 e. The second-order valence-corrected chi connectivity index (χ2v) is 8.59. The van der Waals surface area contributed by atoms with Gasteiger partial charge in [0, 0.05) is 42.5 Å². The Kier molecular flexibility index (Phi) is 5.22. The zero-order chi connectivity index (χ0) is 18.9. The molecule has 1 heterocycles. The molecule has 0 aliphatic carbocycles. The second kappa shape index (κ2) is 7.26. The van der Waals surface area contributed by atoms with Crippen LogP contribution in [0.3, 0.4) is 0 Å². The summed E-state index contributed by atoms with van der Waals surface area (Å²) >= 11 is 6.03. The van der Waals surface area contributed by atoms with Crippen molar-refractivity contribution in [3.05, 3.63) is 58.6 Å². The molecule has 1 saturated heterocycles. The van der Waals surface area contributed by atoms with E-state index in [4.69, 9.17) is 17.3 Å². The van der Waals surface area contributed by atoms with Crippen molar-refractivity contribution < 1.29 is 13.2 Å². The Labute approximate surface area is 158 Å². The number of halogens is 1. The lowest BCUT2D eigenvalue weighted by Crippen LogP contribution is -2.48. The molecule has 0 atom stereocenters. The van der Waals surface area contributed by atoms with Crippen molar-refractivity contribution in [2.75, 3.05) is 31.1 Å². The normalized spacial score (nSPS) is 15.8. The van der Waals surface area contributed by atoms with E-state index in [1.54, 1.807) is 19.1 Å². The molecule has 2 aromatic rings. The number of carbonyl (C=O) groups is 1. The highest BCUT2D eigenvalue weighted by Crippen LogP contribution is 2.24. The third-order valence-corrected chi connectivity index (χ3v) is 6.65. The highest BCUT2D eigenvalue weighted by Gasteiger charge is 2.29. The number of piperazine rings is 1. The minimum atomic E-state index is -3.68. The van der Waals surface area contributed by atoms with Crippen LogP contribution >= 0.6 is 11.6 Å². The number of amides is 1. The van der Waals surface area contributed by atoms with E-state index in [0.717, 1.165) is 5.69 Å². The van der Waals surface area contributed by atoms with Crippen molar-refractivity contribution in [2.24, 2.45) is 5.73 Å². The van der Waals surface area contributed by atoms with E-state index in [2.05, 4.69) is 4.90 Å². The van der Waals surface area contributed by atoms with Crippen molar-refractivity contribution in [1.82, 2.24) is 4.31 Å². The quantitative estimate of drug-likeness (QED) is 0.863. The number of benzene rings is 2. The highest BCUT2D eigenvalue weighted by atomic mass is 35.5. The van der Waals surface area contributed by atoms with E-state index >= 15 is 0 Å². The van der Waals surface area contributed by atoms with Gasteiger partial charge < -0.3 is 10.6 Å². The number of aryl methyl sites for hydroxylation is 1. The Morgan fingerprint density at radius 1 is 1.08 bits per heavy atom. The predicted octanol–water partition coefficient (Wildman–Crippen LogP) is 2.26. The fraction of sp³-hybridized carbons (Fsp3) is 0.278. The van der Waals surface area contributed by atoms with Crippen molar-refractivity contribution in [3.63, 3.8) is 0 Å². The van der Waals surface area contributed by atoms with Gasteiger partial charge in [-0.3, -0.25) is 4.79 Å².